The molecule has 1 aromatic heterocycles. The summed E-state index contributed by atoms with van der Waals surface area (Å²) in [5.41, 5.74) is 0.844. The number of methoxy groups -OCH3 is 1. The van der Waals surface area contributed by atoms with E-state index in [9.17, 15) is 9.59 Å². The van der Waals surface area contributed by atoms with Gasteiger partial charge in [-0.25, -0.2) is 0 Å². The number of benzene rings is 2. The number of para-hydroxylation sites is 1. The fourth-order valence-electron chi connectivity index (χ4n) is 2.54. The van der Waals surface area contributed by atoms with Crippen LogP contribution in [0.5, 0.6) is 5.75 Å². The Morgan fingerprint density at radius 3 is 2.65 bits per heavy atom. The van der Waals surface area contributed by atoms with Gasteiger partial charge < -0.3 is 15.4 Å². The van der Waals surface area contributed by atoms with Crippen LogP contribution in [0.2, 0.25) is 5.02 Å². The molecule has 3 aromatic rings. The van der Waals surface area contributed by atoms with Crippen molar-refractivity contribution in [3.63, 3.8) is 0 Å². The highest BCUT2D eigenvalue weighted by atomic mass is 35.5. The van der Waals surface area contributed by atoms with Gasteiger partial charge in [0, 0.05) is 16.6 Å². The summed E-state index contributed by atoms with van der Waals surface area (Å²) in [7, 11) is 1.59. The number of amides is 2. The molecule has 0 spiro atoms. The van der Waals surface area contributed by atoms with E-state index < -0.39 is 0 Å². The SMILES string of the molecule is CCNC(=O)c1ccccc1NC(=O)c1sc2cc(OC)ccc2c1Cl. The summed E-state index contributed by atoms with van der Waals surface area (Å²) < 4.78 is 6.07. The zero-order valence-corrected chi connectivity index (χ0v) is 15.8. The van der Waals surface area contributed by atoms with Crippen molar-refractivity contribution in [2.24, 2.45) is 0 Å². The van der Waals surface area contributed by atoms with Gasteiger partial charge in [0.1, 0.15) is 10.6 Å². The van der Waals surface area contributed by atoms with E-state index in [-0.39, 0.29) is 11.8 Å². The first-order chi connectivity index (χ1) is 12.5. The fraction of sp³-hybridized carbons (Fsp3) is 0.158. The minimum absolute atomic E-state index is 0.240. The van der Waals surface area contributed by atoms with Gasteiger partial charge in [0.15, 0.2) is 0 Å². The molecule has 0 saturated heterocycles. The van der Waals surface area contributed by atoms with Crippen LogP contribution in [0.3, 0.4) is 0 Å². The van der Waals surface area contributed by atoms with E-state index in [1.807, 2.05) is 19.1 Å². The Labute approximate surface area is 159 Å². The minimum atomic E-state index is -0.355. The molecule has 7 heteroatoms. The first-order valence-electron chi connectivity index (χ1n) is 7.99. The van der Waals surface area contributed by atoms with Gasteiger partial charge in [0.05, 0.1) is 23.4 Å². The van der Waals surface area contributed by atoms with Crippen molar-refractivity contribution in [2.45, 2.75) is 6.92 Å². The molecule has 5 nitrogen and oxygen atoms in total. The van der Waals surface area contributed by atoms with Gasteiger partial charge in [0.25, 0.3) is 11.8 Å². The molecule has 26 heavy (non-hydrogen) atoms. The van der Waals surface area contributed by atoms with Crippen LogP contribution in [0.15, 0.2) is 42.5 Å². The number of nitrogens with one attached hydrogen (secondary N) is 2. The average Bonchev–Trinajstić information content (AvgIpc) is 2.98. The summed E-state index contributed by atoms with van der Waals surface area (Å²) in [6.45, 7) is 2.34. The highest BCUT2D eigenvalue weighted by molar-refractivity contribution is 7.21. The standard InChI is InChI=1S/C19H17ClN2O3S/c1-3-21-18(23)12-6-4-5-7-14(12)22-19(24)17-16(20)13-9-8-11(25-2)10-15(13)26-17/h4-10H,3H2,1-2H3,(H,21,23)(H,22,24). The first kappa shape index (κ1) is 18.2. The number of hydrogen-bond acceptors (Lipinski definition) is 4. The summed E-state index contributed by atoms with van der Waals surface area (Å²) in [5.74, 6) is 0.103. The number of anilines is 1. The summed E-state index contributed by atoms with van der Waals surface area (Å²) in [4.78, 5) is 25.3. The largest absolute Gasteiger partial charge is 0.497 e. The van der Waals surface area contributed by atoms with Gasteiger partial charge in [-0.3, -0.25) is 9.59 Å². The van der Waals surface area contributed by atoms with Gasteiger partial charge in [0.2, 0.25) is 0 Å². The lowest BCUT2D eigenvalue weighted by Crippen LogP contribution is -2.24. The maximum Gasteiger partial charge on any atom is 0.267 e. The maximum absolute atomic E-state index is 12.7. The third kappa shape index (κ3) is 3.52. The lowest BCUT2D eigenvalue weighted by molar-refractivity contribution is 0.0956. The molecule has 0 aliphatic heterocycles. The Hall–Kier alpha value is -2.57. The molecule has 134 valence electrons. The van der Waals surface area contributed by atoms with Gasteiger partial charge in [-0.1, -0.05) is 23.7 Å². The number of fused-ring (bicyclic) bond motifs is 1. The molecule has 2 amide bonds. The van der Waals surface area contributed by atoms with E-state index in [1.165, 1.54) is 11.3 Å². The van der Waals surface area contributed by atoms with Crippen LogP contribution < -0.4 is 15.4 Å². The molecule has 0 fully saturated rings. The van der Waals surface area contributed by atoms with Gasteiger partial charge in [-0.2, -0.15) is 0 Å². The summed E-state index contributed by atoms with van der Waals surface area (Å²) in [6.07, 6.45) is 0. The third-order valence-corrected chi connectivity index (χ3v) is 5.46. The number of thiophene rings is 1. The summed E-state index contributed by atoms with van der Waals surface area (Å²) in [5, 5.41) is 6.71. The Morgan fingerprint density at radius 2 is 1.92 bits per heavy atom. The number of rotatable bonds is 5. The van der Waals surface area contributed by atoms with Crippen LogP contribution in [0.25, 0.3) is 10.1 Å². The van der Waals surface area contributed by atoms with Crippen LogP contribution in [-0.2, 0) is 0 Å². The molecule has 0 bridgehead atoms. The van der Waals surface area contributed by atoms with Crippen molar-refractivity contribution < 1.29 is 14.3 Å². The smallest absolute Gasteiger partial charge is 0.267 e. The van der Waals surface area contributed by atoms with E-state index in [1.54, 1.807) is 37.4 Å². The van der Waals surface area contributed by atoms with E-state index in [0.717, 1.165) is 10.1 Å². The number of ether oxygens (including phenoxy) is 1. The predicted octanol–water partition coefficient (Wildman–Crippen LogP) is 4.57. The fourth-order valence-corrected chi connectivity index (χ4v) is 3.98. The lowest BCUT2D eigenvalue weighted by atomic mass is 10.1. The topological polar surface area (TPSA) is 67.4 Å². The lowest BCUT2D eigenvalue weighted by Gasteiger charge is -2.10. The van der Waals surface area contributed by atoms with E-state index in [0.29, 0.717) is 33.4 Å². The van der Waals surface area contributed by atoms with E-state index in [4.69, 9.17) is 16.3 Å². The second kappa shape index (κ2) is 7.76. The Balaban J connectivity index is 1.93. The molecule has 0 aliphatic rings. The van der Waals surface area contributed by atoms with Crippen molar-refractivity contribution in [2.75, 3.05) is 19.0 Å². The Bertz CT molecular complexity index is 984. The molecular weight excluding hydrogens is 372 g/mol. The summed E-state index contributed by atoms with van der Waals surface area (Å²) in [6, 6.07) is 12.3. The molecule has 0 atom stereocenters. The molecule has 0 radical (unpaired) electrons. The van der Waals surface area contributed by atoms with Crippen molar-refractivity contribution in [3.05, 3.63) is 57.9 Å². The zero-order chi connectivity index (χ0) is 18.7. The molecule has 2 N–H and O–H groups in total. The number of carbonyl (C=O) groups excluding carboxylic acids is 2. The molecule has 0 saturated carbocycles. The number of hydrogen-bond donors (Lipinski definition) is 2. The molecular formula is C19H17ClN2O3S. The highest BCUT2D eigenvalue weighted by Crippen LogP contribution is 2.37. The minimum Gasteiger partial charge on any atom is -0.497 e. The number of halogens is 1. The number of carbonyl (C=O) groups is 2. The normalized spacial score (nSPS) is 10.6. The van der Waals surface area contributed by atoms with Crippen molar-refractivity contribution in [3.8, 4) is 5.75 Å². The van der Waals surface area contributed by atoms with Crippen LogP contribution in [0.4, 0.5) is 5.69 Å². The first-order valence-corrected chi connectivity index (χ1v) is 9.19. The maximum atomic E-state index is 12.7. The molecule has 1 heterocycles. The van der Waals surface area contributed by atoms with Gasteiger partial charge in [-0.05, 0) is 37.3 Å². The third-order valence-electron chi connectivity index (χ3n) is 3.80. The summed E-state index contributed by atoms with van der Waals surface area (Å²) >= 11 is 7.68. The Kier molecular flexibility index (Phi) is 5.44. The molecule has 0 unspecified atom stereocenters. The second-order valence-corrected chi connectivity index (χ2v) is 6.90. The van der Waals surface area contributed by atoms with Crippen molar-refractivity contribution >= 4 is 50.5 Å². The Morgan fingerprint density at radius 1 is 1.15 bits per heavy atom. The monoisotopic (exact) mass is 388 g/mol. The zero-order valence-electron chi connectivity index (χ0n) is 14.3. The van der Waals surface area contributed by atoms with Gasteiger partial charge >= 0.3 is 0 Å². The molecule has 2 aromatic carbocycles. The van der Waals surface area contributed by atoms with Crippen LogP contribution in [-0.4, -0.2) is 25.5 Å². The van der Waals surface area contributed by atoms with Gasteiger partial charge in [-0.15, -0.1) is 11.3 Å². The highest BCUT2D eigenvalue weighted by Gasteiger charge is 2.19. The average molecular weight is 389 g/mol. The predicted molar refractivity (Wildman–Crippen MR) is 106 cm³/mol. The second-order valence-electron chi connectivity index (χ2n) is 5.47. The van der Waals surface area contributed by atoms with Crippen LogP contribution >= 0.6 is 22.9 Å². The van der Waals surface area contributed by atoms with Crippen molar-refractivity contribution in [1.29, 1.82) is 0 Å². The van der Waals surface area contributed by atoms with E-state index >= 15 is 0 Å². The van der Waals surface area contributed by atoms with E-state index in [2.05, 4.69) is 10.6 Å². The molecule has 0 aliphatic carbocycles. The quantitative estimate of drug-likeness (QED) is 0.673. The molecule has 3 rings (SSSR count). The van der Waals surface area contributed by atoms with Crippen LogP contribution in [0.1, 0.15) is 27.0 Å². The van der Waals surface area contributed by atoms with Crippen molar-refractivity contribution in [1.82, 2.24) is 5.32 Å². The van der Waals surface area contributed by atoms with Crippen LogP contribution in [0, 0.1) is 0 Å².